The third-order valence-corrected chi connectivity index (χ3v) is 4.85. The van der Waals surface area contributed by atoms with Gasteiger partial charge in [0.15, 0.2) is 0 Å². The van der Waals surface area contributed by atoms with Crippen molar-refractivity contribution in [3.63, 3.8) is 0 Å². The van der Waals surface area contributed by atoms with E-state index in [-0.39, 0.29) is 12.4 Å². The van der Waals surface area contributed by atoms with E-state index in [0.29, 0.717) is 12.1 Å². The Bertz CT molecular complexity index is 720. The number of benzene rings is 2. The van der Waals surface area contributed by atoms with Gasteiger partial charge >= 0.3 is 0 Å². The summed E-state index contributed by atoms with van der Waals surface area (Å²) in [7, 11) is 2.22. The van der Waals surface area contributed by atoms with Gasteiger partial charge < -0.3 is 4.90 Å². The van der Waals surface area contributed by atoms with Crippen molar-refractivity contribution < 1.29 is 0 Å². The van der Waals surface area contributed by atoms with Crippen LogP contribution in [-0.2, 0) is 0 Å². The average Bonchev–Trinajstić information content (AvgIpc) is 3.05. The molecule has 2 heterocycles. The largest absolute Gasteiger partial charge is 0.365 e. The Kier molecular flexibility index (Phi) is 3.52. The van der Waals surface area contributed by atoms with E-state index >= 15 is 0 Å². The van der Waals surface area contributed by atoms with E-state index in [0.717, 1.165) is 24.0 Å². The number of likely N-dealkylation sites (tertiary alicyclic amines) is 1. The monoisotopic (exact) mass is 299 g/mol. The van der Waals surface area contributed by atoms with Gasteiger partial charge in [0.1, 0.15) is 0 Å². The van der Waals surface area contributed by atoms with Gasteiger partial charge in [-0.1, -0.05) is 24.3 Å². The highest BCUT2D eigenvalue weighted by molar-refractivity contribution is 5.98. The molecular weight excluding hydrogens is 282 g/mol. The lowest BCUT2D eigenvalue weighted by Gasteiger charge is -2.34. The van der Waals surface area contributed by atoms with Gasteiger partial charge in [0.2, 0.25) is 0 Å². The molecule has 4 heteroatoms. The van der Waals surface area contributed by atoms with Gasteiger partial charge in [-0.25, -0.2) is 0 Å². The lowest BCUT2D eigenvalue weighted by atomic mass is 10.0. The second-order valence-corrected chi connectivity index (χ2v) is 5.92. The first-order chi connectivity index (χ1) is 9.78. The van der Waals surface area contributed by atoms with E-state index in [4.69, 9.17) is 0 Å². The molecule has 2 saturated heterocycles. The van der Waals surface area contributed by atoms with Crippen LogP contribution in [0, 0.1) is 11.3 Å². The van der Waals surface area contributed by atoms with Crippen LogP contribution < -0.4 is 4.90 Å². The molecule has 0 amide bonds. The Morgan fingerprint density at radius 3 is 2.43 bits per heavy atom. The third kappa shape index (κ3) is 2.07. The zero-order chi connectivity index (χ0) is 13.7. The first-order valence-electron chi connectivity index (χ1n) is 7.16. The summed E-state index contributed by atoms with van der Waals surface area (Å²) in [6.07, 6.45) is 1.27. The van der Waals surface area contributed by atoms with Crippen LogP contribution in [0.1, 0.15) is 12.0 Å². The number of likely N-dealkylation sites (N-methyl/N-ethyl adjacent to an activating group) is 1. The standard InChI is InChI=1S/C17H17N3.ClH/c1-19-10-14-8-13(19)11-20(14)17-7-6-12(9-18)15-4-2-3-5-16(15)17;/h2-7,13-14H,8,10-11H2,1H3;1H/t13-,14-;/m0./s1. The van der Waals surface area contributed by atoms with Crippen molar-refractivity contribution in [1.29, 1.82) is 5.26 Å². The van der Waals surface area contributed by atoms with Gasteiger partial charge in [0.25, 0.3) is 0 Å². The average molecular weight is 300 g/mol. The molecule has 0 spiro atoms. The van der Waals surface area contributed by atoms with Crippen molar-refractivity contribution in [3.8, 4) is 6.07 Å². The maximum atomic E-state index is 9.26. The molecule has 2 aliphatic heterocycles. The maximum Gasteiger partial charge on any atom is 0.0998 e. The van der Waals surface area contributed by atoms with Crippen molar-refractivity contribution in [2.75, 3.05) is 25.0 Å². The van der Waals surface area contributed by atoms with Gasteiger partial charge in [-0.15, -0.1) is 12.4 Å². The molecule has 2 aliphatic rings. The molecule has 4 rings (SSSR count). The molecule has 0 radical (unpaired) electrons. The van der Waals surface area contributed by atoms with Gasteiger partial charge in [-0.2, -0.15) is 5.26 Å². The first-order valence-corrected chi connectivity index (χ1v) is 7.16. The Morgan fingerprint density at radius 1 is 1.05 bits per heavy atom. The SMILES string of the molecule is CN1C[C@@H]2C[C@H]1CN2c1ccc(C#N)c2ccccc12.Cl. The summed E-state index contributed by atoms with van der Waals surface area (Å²) in [4.78, 5) is 5.00. The van der Waals surface area contributed by atoms with E-state index in [1.54, 1.807) is 0 Å². The molecular formula is C17H18ClN3. The second-order valence-electron chi connectivity index (χ2n) is 5.92. The number of piperazine rings is 1. The topological polar surface area (TPSA) is 30.3 Å². The second kappa shape index (κ2) is 5.22. The molecule has 2 fully saturated rings. The van der Waals surface area contributed by atoms with Crippen LogP contribution >= 0.6 is 12.4 Å². The fourth-order valence-corrected chi connectivity index (χ4v) is 3.79. The molecule has 2 aromatic carbocycles. The van der Waals surface area contributed by atoms with Crippen LogP contribution in [0.5, 0.6) is 0 Å². The fourth-order valence-electron chi connectivity index (χ4n) is 3.79. The Morgan fingerprint density at radius 2 is 1.81 bits per heavy atom. The number of hydrogen-bond acceptors (Lipinski definition) is 3. The zero-order valence-electron chi connectivity index (χ0n) is 12.0. The van der Waals surface area contributed by atoms with Gasteiger partial charge in [0.05, 0.1) is 11.6 Å². The van der Waals surface area contributed by atoms with Crippen LogP contribution in [0.25, 0.3) is 10.8 Å². The molecule has 0 aromatic heterocycles. The van der Waals surface area contributed by atoms with Crippen molar-refractivity contribution >= 4 is 28.9 Å². The van der Waals surface area contributed by atoms with Gasteiger partial charge in [0, 0.05) is 41.6 Å². The molecule has 0 unspecified atom stereocenters. The summed E-state index contributed by atoms with van der Waals surface area (Å²) in [6.45, 7) is 2.26. The molecule has 0 N–H and O–H groups in total. The molecule has 0 aliphatic carbocycles. The van der Waals surface area contributed by atoms with Crippen LogP contribution in [0.4, 0.5) is 5.69 Å². The molecule has 0 saturated carbocycles. The quantitative estimate of drug-likeness (QED) is 0.811. The lowest BCUT2D eigenvalue weighted by Crippen LogP contribution is -2.44. The summed E-state index contributed by atoms with van der Waals surface area (Å²) in [5.74, 6) is 0. The number of fused-ring (bicyclic) bond motifs is 3. The summed E-state index contributed by atoms with van der Waals surface area (Å²) in [5, 5.41) is 11.5. The van der Waals surface area contributed by atoms with Gasteiger partial charge in [-0.05, 0) is 25.6 Å². The van der Waals surface area contributed by atoms with Crippen LogP contribution in [0.3, 0.4) is 0 Å². The van der Waals surface area contributed by atoms with E-state index in [1.807, 2.05) is 12.1 Å². The first kappa shape index (κ1) is 14.2. The number of nitriles is 1. The Labute approximate surface area is 131 Å². The van der Waals surface area contributed by atoms with Gasteiger partial charge in [-0.3, -0.25) is 4.90 Å². The molecule has 2 aromatic rings. The minimum atomic E-state index is 0. The highest BCUT2D eigenvalue weighted by Gasteiger charge is 2.41. The predicted molar refractivity (Wildman–Crippen MR) is 88.1 cm³/mol. The number of halogens is 1. The fraction of sp³-hybridized carbons (Fsp3) is 0.353. The minimum Gasteiger partial charge on any atom is -0.365 e. The van der Waals surface area contributed by atoms with E-state index in [1.165, 1.54) is 17.5 Å². The summed E-state index contributed by atoms with van der Waals surface area (Å²) in [6, 6.07) is 16.0. The number of nitrogens with zero attached hydrogens (tertiary/aromatic N) is 3. The highest BCUT2D eigenvalue weighted by Crippen LogP contribution is 2.37. The molecule has 21 heavy (non-hydrogen) atoms. The van der Waals surface area contributed by atoms with E-state index in [2.05, 4.69) is 47.2 Å². The Hall–Kier alpha value is -1.76. The van der Waals surface area contributed by atoms with E-state index in [9.17, 15) is 5.26 Å². The van der Waals surface area contributed by atoms with E-state index < -0.39 is 0 Å². The summed E-state index contributed by atoms with van der Waals surface area (Å²) >= 11 is 0. The molecule has 3 nitrogen and oxygen atoms in total. The summed E-state index contributed by atoms with van der Waals surface area (Å²) < 4.78 is 0. The highest BCUT2D eigenvalue weighted by atomic mass is 35.5. The molecule has 2 bridgehead atoms. The predicted octanol–water partition coefficient (Wildman–Crippen LogP) is 3.03. The molecule has 2 atom stereocenters. The van der Waals surface area contributed by atoms with Crippen molar-refractivity contribution in [3.05, 3.63) is 42.0 Å². The van der Waals surface area contributed by atoms with Crippen LogP contribution in [-0.4, -0.2) is 37.1 Å². The lowest BCUT2D eigenvalue weighted by molar-refractivity contribution is 0.293. The number of anilines is 1. The van der Waals surface area contributed by atoms with Crippen molar-refractivity contribution in [1.82, 2.24) is 4.90 Å². The number of rotatable bonds is 1. The smallest absolute Gasteiger partial charge is 0.0998 e. The van der Waals surface area contributed by atoms with Crippen molar-refractivity contribution in [2.24, 2.45) is 0 Å². The minimum absolute atomic E-state index is 0. The Balaban J connectivity index is 0.00000132. The molecule has 108 valence electrons. The van der Waals surface area contributed by atoms with Crippen LogP contribution in [0.2, 0.25) is 0 Å². The zero-order valence-corrected chi connectivity index (χ0v) is 12.8. The van der Waals surface area contributed by atoms with Crippen molar-refractivity contribution in [2.45, 2.75) is 18.5 Å². The van der Waals surface area contributed by atoms with Crippen LogP contribution in [0.15, 0.2) is 36.4 Å². The normalized spacial score (nSPS) is 24.1. The summed E-state index contributed by atoms with van der Waals surface area (Å²) in [5.41, 5.74) is 2.06. The maximum absolute atomic E-state index is 9.26. The third-order valence-electron chi connectivity index (χ3n) is 4.85. The number of hydrogen-bond donors (Lipinski definition) is 0.